The van der Waals surface area contributed by atoms with Gasteiger partial charge >= 0.3 is 5.51 Å². The lowest BCUT2D eigenvalue weighted by Gasteiger charge is -2.36. The van der Waals surface area contributed by atoms with E-state index in [-0.39, 0.29) is 23.7 Å². The van der Waals surface area contributed by atoms with Crippen LogP contribution in [0.2, 0.25) is 0 Å². The van der Waals surface area contributed by atoms with Crippen molar-refractivity contribution >= 4 is 39.1 Å². The van der Waals surface area contributed by atoms with E-state index in [4.69, 9.17) is 0 Å². The van der Waals surface area contributed by atoms with Crippen LogP contribution in [0, 0.1) is 0 Å². The van der Waals surface area contributed by atoms with Gasteiger partial charge < -0.3 is 15.1 Å². The Balaban J connectivity index is 2.35. The Morgan fingerprint density at radius 3 is 2.26 bits per heavy atom. The number of nitrogens with zero attached hydrogens (tertiary/aromatic N) is 3. The topological polar surface area (TPSA) is 73.0 Å². The van der Waals surface area contributed by atoms with E-state index in [9.17, 15) is 26.4 Å². The van der Waals surface area contributed by atoms with Crippen LogP contribution >= 0.6 is 11.8 Å². The maximum atomic E-state index is 12.9. The Labute approximate surface area is 186 Å². The molecule has 1 aromatic rings. The standard InChI is InChI=1S/C19H29F3N4O3S2/c1-4-24-9-11-25(12-10-24)17-8-7-15(31(28,29)26(5-2)6-3)13-16(17)23-18(27)14-30-19(20,21)22/h7-8,13H,4-6,9-12,14H2,1-3H3,(H,23,27). The number of nitrogens with one attached hydrogen (secondary N) is 1. The lowest BCUT2D eigenvalue weighted by atomic mass is 10.2. The average Bonchev–Trinajstić information content (AvgIpc) is 2.72. The van der Waals surface area contributed by atoms with Gasteiger partial charge in [0.2, 0.25) is 15.9 Å². The zero-order chi connectivity index (χ0) is 23.2. The third-order valence-electron chi connectivity index (χ3n) is 5.11. The number of rotatable bonds is 9. The van der Waals surface area contributed by atoms with Crippen molar-refractivity contribution in [1.29, 1.82) is 0 Å². The van der Waals surface area contributed by atoms with Crippen LogP contribution in [-0.4, -0.2) is 80.6 Å². The van der Waals surface area contributed by atoms with Gasteiger partial charge in [-0.2, -0.15) is 17.5 Å². The summed E-state index contributed by atoms with van der Waals surface area (Å²) in [7, 11) is -3.79. The van der Waals surface area contributed by atoms with E-state index >= 15 is 0 Å². The van der Waals surface area contributed by atoms with Crippen LogP contribution < -0.4 is 10.2 Å². The van der Waals surface area contributed by atoms with E-state index in [1.807, 2.05) is 4.90 Å². The predicted molar refractivity (Wildman–Crippen MR) is 118 cm³/mol. The molecule has 1 aliphatic rings. The van der Waals surface area contributed by atoms with Gasteiger partial charge in [0.25, 0.3) is 0 Å². The first-order valence-electron chi connectivity index (χ1n) is 10.1. The summed E-state index contributed by atoms with van der Waals surface area (Å²) in [6.07, 6.45) is 0. The number of likely N-dealkylation sites (N-methyl/N-ethyl adjacent to an activating group) is 1. The molecule has 176 valence electrons. The lowest BCUT2D eigenvalue weighted by molar-refractivity contribution is -0.114. The Morgan fingerprint density at radius 2 is 1.74 bits per heavy atom. The first-order chi connectivity index (χ1) is 14.5. The molecule has 0 unspecified atom stereocenters. The van der Waals surface area contributed by atoms with Crippen LogP contribution in [0.3, 0.4) is 0 Å². The maximum Gasteiger partial charge on any atom is 0.442 e. The molecular formula is C19H29F3N4O3S2. The fraction of sp³-hybridized carbons (Fsp3) is 0.632. The van der Waals surface area contributed by atoms with Gasteiger partial charge in [0.05, 0.1) is 22.0 Å². The Hall–Kier alpha value is -1.50. The normalized spacial score (nSPS) is 16.0. The van der Waals surface area contributed by atoms with Crippen LogP contribution in [0.25, 0.3) is 0 Å². The van der Waals surface area contributed by atoms with Gasteiger partial charge in [-0.05, 0) is 36.5 Å². The number of carbonyl (C=O) groups is 1. The van der Waals surface area contributed by atoms with Crippen LogP contribution in [0.15, 0.2) is 23.1 Å². The first kappa shape index (κ1) is 25.8. The summed E-state index contributed by atoms with van der Waals surface area (Å²) in [6, 6.07) is 4.44. The van der Waals surface area contributed by atoms with E-state index in [1.165, 1.54) is 16.4 Å². The molecule has 1 aliphatic heterocycles. The van der Waals surface area contributed by atoms with Crippen LogP contribution in [0.4, 0.5) is 24.5 Å². The number of sulfonamides is 1. The van der Waals surface area contributed by atoms with Gasteiger partial charge in [-0.15, -0.1) is 0 Å². The molecule has 2 rings (SSSR count). The Kier molecular flexibility index (Phi) is 9.04. The molecule has 0 saturated carbocycles. The molecule has 0 atom stereocenters. The van der Waals surface area contributed by atoms with Crippen LogP contribution in [0.5, 0.6) is 0 Å². The van der Waals surface area contributed by atoms with Gasteiger partial charge in [-0.3, -0.25) is 4.79 Å². The Bertz CT molecular complexity index is 853. The molecule has 1 saturated heterocycles. The van der Waals surface area contributed by atoms with Crippen molar-refractivity contribution in [1.82, 2.24) is 9.21 Å². The molecule has 0 spiro atoms. The van der Waals surface area contributed by atoms with E-state index in [0.717, 1.165) is 19.6 Å². The summed E-state index contributed by atoms with van der Waals surface area (Å²) < 4.78 is 64.5. The van der Waals surface area contributed by atoms with Crippen molar-refractivity contribution in [2.45, 2.75) is 31.2 Å². The number of amides is 1. The molecule has 7 nitrogen and oxygen atoms in total. The molecule has 0 radical (unpaired) electrons. The number of alkyl halides is 3. The van der Waals surface area contributed by atoms with Gasteiger partial charge in [-0.1, -0.05) is 20.8 Å². The highest BCUT2D eigenvalue weighted by atomic mass is 32.2. The molecule has 0 aliphatic carbocycles. The largest absolute Gasteiger partial charge is 0.442 e. The number of halogens is 3. The summed E-state index contributed by atoms with van der Waals surface area (Å²) in [6.45, 7) is 9.90. The molecule has 0 aromatic heterocycles. The highest BCUT2D eigenvalue weighted by Gasteiger charge is 2.30. The molecule has 1 amide bonds. The molecule has 31 heavy (non-hydrogen) atoms. The minimum atomic E-state index is -4.52. The number of hydrogen-bond acceptors (Lipinski definition) is 6. The van der Waals surface area contributed by atoms with Crippen molar-refractivity contribution in [3.8, 4) is 0 Å². The Morgan fingerprint density at radius 1 is 1.13 bits per heavy atom. The van der Waals surface area contributed by atoms with E-state index in [0.29, 0.717) is 18.8 Å². The summed E-state index contributed by atoms with van der Waals surface area (Å²) in [5, 5.41) is 2.50. The zero-order valence-corrected chi connectivity index (χ0v) is 19.5. The molecular weight excluding hydrogens is 453 g/mol. The fourth-order valence-electron chi connectivity index (χ4n) is 3.40. The number of hydrogen-bond donors (Lipinski definition) is 1. The van der Waals surface area contributed by atoms with E-state index in [1.54, 1.807) is 19.9 Å². The highest BCUT2D eigenvalue weighted by Crippen LogP contribution is 2.33. The molecule has 12 heteroatoms. The summed E-state index contributed by atoms with van der Waals surface area (Å²) in [4.78, 5) is 16.4. The van der Waals surface area contributed by atoms with Gasteiger partial charge in [0.15, 0.2) is 0 Å². The third kappa shape index (κ3) is 6.99. The average molecular weight is 483 g/mol. The molecule has 1 aromatic carbocycles. The van der Waals surface area contributed by atoms with Crippen molar-refractivity contribution in [3.05, 3.63) is 18.2 Å². The monoisotopic (exact) mass is 482 g/mol. The van der Waals surface area contributed by atoms with Gasteiger partial charge in [-0.25, -0.2) is 8.42 Å². The number of carbonyl (C=O) groups excluding carboxylic acids is 1. The van der Waals surface area contributed by atoms with Gasteiger partial charge in [0.1, 0.15) is 0 Å². The molecule has 1 N–H and O–H groups in total. The number of thioether (sulfide) groups is 1. The van der Waals surface area contributed by atoms with Crippen LogP contribution in [0.1, 0.15) is 20.8 Å². The summed E-state index contributed by atoms with van der Waals surface area (Å²) in [5.41, 5.74) is -3.73. The van der Waals surface area contributed by atoms with Crippen molar-refractivity contribution in [2.24, 2.45) is 0 Å². The zero-order valence-electron chi connectivity index (χ0n) is 17.9. The molecule has 1 fully saturated rings. The molecule has 1 heterocycles. The number of benzene rings is 1. The quantitative estimate of drug-likeness (QED) is 0.583. The second-order valence-electron chi connectivity index (χ2n) is 6.97. The second kappa shape index (κ2) is 10.9. The predicted octanol–water partition coefficient (Wildman–Crippen LogP) is 3.05. The maximum absolute atomic E-state index is 12.9. The van der Waals surface area contributed by atoms with Crippen LogP contribution in [-0.2, 0) is 14.8 Å². The smallest absolute Gasteiger partial charge is 0.367 e. The minimum Gasteiger partial charge on any atom is -0.367 e. The number of piperazine rings is 1. The van der Waals surface area contributed by atoms with E-state index in [2.05, 4.69) is 17.1 Å². The SMILES string of the molecule is CCN1CCN(c2ccc(S(=O)(=O)N(CC)CC)cc2NC(=O)CSC(F)(F)F)CC1. The third-order valence-corrected chi connectivity index (χ3v) is 7.89. The summed E-state index contributed by atoms with van der Waals surface area (Å²) in [5.74, 6) is -1.65. The molecule has 0 bridgehead atoms. The summed E-state index contributed by atoms with van der Waals surface area (Å²) >= 11 is -0.431. The number of anilines is 2. The van der Waals surface area contributed by atoms with E-state index < -0.39 is 39.0 Å². The van der Waals surface area contributed by atoms with Crippen molar-refractivity contribution < 1.29 is 26.4 Å². The second-order valence-corrected chi connectivity index (χ2v) is 9.95. The van der Waals surface area contributed by atoms with Crippen molar-refractivity contribution in [3.63, 3.8) is 0 Å². The minimum absolute atomic E-state index is 0.00841. The lowest BCUT2D eigenvalue weighted by Crippen LogP contribution is -2.46. The van der Waals surface area contributed by atoms with Crippen molar-refractivity contribution in [2.75, 3.05) is 61.8 Å². The fourth-order valence-corrected chi connectivity index (χ4v) is 5.25. The van der Waals surface area contributed by atoms with Gasteiger partial charge in [0, 0.05) is 39.3 Å². The highest BCUT2D eigenvalue weighted by molar-refractivity contribution is 8.00. The first-order valence-corrected chi connectivity index (χ1v) is 12.6.